The van der Waals surface area contributed by atoms with E-state index in [1.54, 1.807) is 6.07 Å². The summed E-state index contributed by atoms with van der Waals surface area (Å²) in [5, 5.41) is 1.85. The largest absolute Gasteiger partial charge is 0.511 e. The van der Waals surface area contributed by atoms with Gasteiger partial charge in [-0.05, 0) is 24.8 Å². The highest BCUT2D eigenvalue weighted by Crippen LogP contribution is 2.50. The zero-order chi connectivity index (χ0) is 22.2. The van der Waals surface area contributed by atoms with Gasteiger partial charge in [0.05, 0.1) is 19.8 Å². The Hall–Kier alpha value is -1.43. The van der Waals surface area contributed by atoms with Crippen LogP contribution in [-0.4, -0.2) is 26.4 Å². The number of fused-ring (bicyclic) bond motifs is 1. The molecule has 0 aliphatic rings. The molecule has 2 aromatic carbocycles. The Labute approximate surface area is 186 Å². The molecule has 0 spiro atoms. The van der Waals surface area contributed by atoms with Crippen molar-refractivity contribution in [3.8, 4) is 5.75 Å². The van der Waals surface area contributed by atoms with Crippen molar-refractivity contribution in [3.05, 3.63) is 42.5 Å². The average molecular weight is 453 g/mol. The van der Waals surface area contributed by atoms with E-state index in [1.165, 1.54) is 32.1 Å². The summed E-state index contributed by atoms with van der Waals surface area (Å²) in [5.74, 6) is 0.461. The molecule has 0 aliphatic heterocycles. The van der Waals surface area contributed by atoms with Gasteiger partial charge < -0.3 is 9.62 Å². The van der Waals surface area contributed by atoms with E-state index in [-0.39, 0.29) is 6.61 Å². The lowest BCUT2D eigenvalue weighted by Gasteiger charge is -2.17. The van der Waals surface area contributed by atoms with Gasteiger partial charge in [-0.15, -0.1) is 0 Å². The van der Waals surface area contributed by atoms with Crippen molar-refractivity contribution in [2.45, 2.75) is 65.2 Å². The van der Waals surface area contributed by atoms with Crippen molar-refractivity contribution in [3.63, 3.8) is 0 Å². The van der Waals surface area contributed by atoms with Gasteiger partial charge >= 0.3 is 7.82 Å². The second-order valence-electron chi connectivity index (χ2n) is 7.42. The molecule has 0 aromatic heterocycles. The van der Waals surface area contributed by atoms with Gasteiger partial charge in [-0.25, -0.2) is 4.57 Å². The highest BCUT2D eigenvalue weighted by atomic mass is 31.2. The second-order valence-corrected chi connectivity index (χ2v) is 8.98. The molecule has 31 heavy (non-hydrogen) atoms. The van der Waals surface area contributed by atoms with E-state index in [0.29, 0.717) is 25.6 Å². The highest BCUT2D eigenvalue weighted by Gasteiger charge is 2.29. The number of ether oxygens (including phenoxy) is 1. The first-order valence-electron chi connectivity index (χ1n) is 11.5. The molecule has 7 heteroatoms. The molecule has 0 heterocycles. The first kappa shape index (κ1) is 25.8. The molecule has 174 valence electrons. The maximum Gasteiger partial charge on any atom is 0.511 e. The number of hydrogen-bond donors (Lipinski definition) is 0. The predicted octanol–water partition coefficient (Wildman–Crippen LogP) is 7.47. The zero-order valence-electron chi connectivity index (χ0n) is 18.9. The molecule has 0 aliphatic carbocycles. The van der Waals surface area contributed by atoms with E-state index in [1.807, 2.05) is 43.3 Å². The van der Waals surface area contributed by atoms with Crippen LogP contribution in [-0.2, 0) is 23.0 Å². The van der Waals surface area contributed by atoms with Gasteiger partial charge in [-0.3, -0.25) is 9.05 Å². The lowest BCUT2D eigenvalue weighted by Crippen LogP contribution is -2.08. The van der Waals surface area contributed by atoms with Gasteiger partial charge in [0.1, 0.15) is 0 Å². The molecule has 0 bridgehead atoms. The fourth-order valence-corrected chi connectivity index (χ4v) is 4.18. The quantitative estimate of drug-likeness (QED) is 0.101. The fraction of sp³-hybridized carbons (Fsp3) is 0.583. The minimum absolute atomic E-state index is 0.0987. The van der Waals surface area contributed by atoms with Crippen LogP contribution in [0.15, 0.2) is 42.5 Å². The van der Waals surface area contributed by atoms with Crippen molar-refractivity contribution < 1.29 is 27.9 Å². The molecule has 0 amide bonds. The maximum atomic E-state index is 13.0. The van der Waals surface area contributed by atoms with Crippen LogP contribution in [0.25, 0.3) is 10.8 Å². The van der Waals surface area contributed by atoms with Crippen LogP contribution in [0.2, 0.25) is 0 Å². The molecule has 2 aromatic rings. The predicted molar refractivity (Wildman–Crippen MR) is 124 cm³/mol. The van der Waals surface area contributed by atoms with Crippen LogP contribution in [0.4, 0.5) is 0 Å². The Morgan fingerprint density at radius 2 is 1.42 bits per heavy atom. The van der Waals surface area contributed by atoms with Crippen molar-refractivity contribution in [1.82, 2.24) is 0 Å². The Kier molecular flexibility index (Phi) is 12.8. The molecule has 0 radical (unpaired) electrons. The van der Waals surface area contributed by atoms with Crippen molar-refractivity contribution in [1.29, 1.82) is 0 Å². The van der Waals surface area contributed by atoms with Gasteiger partial charge in [0.2, 0.25) is 0 Å². The zero-order valence-corrected chi connectivity index (χ0v) is 19.8. The summed E-state index contributed by atoms with van der Waals surface area (Å²) in [6.45, 7) is 5.36. The number of hydrogen-bond acceptors (Lipinski definition) is 6. The Morgan fingerprint density at radius 3 is 2.19 bits per heavy atom. The second kappa shape index (κ2) is 15.4. The van der Waals surface area contributed by atoms with Gasteiger partial charge in [0.15, 0.2) is 5.75 Å². The lowest BCUT2D eigenvalue weighted by molar-refractivity contribution is -0.132. The maximum absolute atomic E-state index is 13.0. The summed E-state index contributed by atoms with van der Waals surface area (Å²) < 4.78 is 34.4. The van der Waals surface area contributed by atoms with E-state index < -0.39 is 7.82 Å². The van der Waals surface area contributed by atoms with Crippen LogP contribution in [0.3, 0.4) is 0 Å². The van der Waals surface area contributed by atoms with E-state index in [4.69, 9.17) is 23.3 Å². The standard InChI is InChI=1S/C24H37O6P/c1-3-5-6-7-8-9-10-13-19-27-31(25,28-21-20-26-4-2)30-29-24-18-14-16-22-15-11-12-17-23(22)24/h11-12,14-18H,3-10,13,19-21H2,1-2H3. The van der Waals surface area contributed by atoms with Gasteiger partial charge in [-0.1, -0.05) is 92.9 Å². The molecule has 0 N–H and O–H groups in total. The van der Waals surface area contributed by atoms with Gasteiger partial charge in [-0.2, -0.15) is 0 Å². The van der Waals surface area contributed by atoms with Crippen molar-refractivity contribution in [2.24, 2.45) is 0 Å². The van der Waals surface area contributed by atoms with E-state index in [0.717, 1.165) is 30.0 Å². The fourth-order valence-electron chi connectivity index (χ4n) is 3.20. The Morgan fingerprint density at radius 1 is 0.742 bits per heavy atom. The summed E-state index contributed by atoms with van der Waals surface area (Å²) in [6.07, 6.45) is 9.33. The van der Waals surface area contributed by atoms with Crippen LogP contribution in [0.5, 0.6) is 5.75 Å². The van der Waals surface area contributed by atoms with Crippen LogP contribution in [0.1, 0.15) is 65.2 Å². The Balaban J connectivity index is 1.83. The summed E-state index contributed by atoms with van der Waals surface area (Å²) in [4.78, 5) is 5.42. The first-order chi connectivity index (χ1) is 15.2. The third-order valence-corrected chi connectivity index (χ3v) is 6.15. The molecular formula is C24H37O6P. The highest BCUT2D eigenvalue weighted by molar-refractivity contribution is 7.48. The molecule has 1 atom stereocenters. The summed E-state index contributed by atoms with van der Waals surface area (Å²) >= 11 is 0. The normalized spacial score (nSPS) is 13.4. The van der Waals surface area contributed by atoms with Crippen molar-refractivity contribution in [2.75, 3.05) is 26.4 Å². The number of phosphoric acid groups is 1. The third kappa shape index (κ3) is 10.2. The number of rotatable bonds is 18. The molecule has 1 unspecified atom stereocenters. The number of benzene rings is 2. The third-order valence-electron chi connectivity index (χ3n) is 4.90. The van der Waals surface area contributed by atoms with E-state index in [9.17, 15) is 4.57 Å². The smallest absolute Gasteiger partial charge is 0.379 e. The topological polar surface area (TPSA) is 63.2 Å². The minimum Gasteiger partial charge on any atom is -0.379 e. The summed E-state index contributed by atoms with van der Waals surface area (Å²) in [7, 11) is -3.88. The molecular weight excluding hydrogens is 415 g/mol. The van der Waals surface area contributed by atoms with Gasteiger partial charge in [0.25, 0.3) is 0 Å². The van der Waals surface area contributed by atoms with Crippen LogP contribution < -0.4 is 4.89 Å². The summed E-state index contributed by atoms with van der Waals surface area (Å²) in [5.41, 5.74) is 0. The van der Waals surface area contributed by atoms with E-state index in [2.05, 4.69) is 6.92 Å². The molecule has 0 fully saturated rings. The lowest BCUT2D eigenvalue weighted by atomic mass is 10.1. The monoisotopic (exact) mass is 452 g/mol. The van der Waals surface area contributed by atoms with Crippen molar-refractivity contribution >= 4 is 18.6 Å². The molecule has 2 rings (SSSR count). The number of unbranched alkanes of at least 4 members (excludes halogenated alkanes) is 7. The molecule has 6 nitrogen and oxygen atoms in total. The SMILES string of the molecule is CCCCCCCCCCOP(=O)(OCCOCC)OOc1cccc2ccccc12. The van der Waals surface area contributed by atoms with Gasteiger partial charge in [0, 0.05) is 12.0 Å². The first-order valence-corrected chi connectivity index (χ1v) is 13.0. The minimum atomic E-state index is -3.88. The Bertz CT molecular complexity index is 776. The molecule has 0 saturated carbocycles. The van der Waals surface area contributed by atoms with Crippen LogP contribution in [0, 0.1) is 0 Å². The van der Waals surface area contributed by atoms with Crippen LogP contribution >= 0.6 is 7.82 Å². The molecule has 0 saturated heterocycles. The average Bonchev–Trinajstić information content (AvgIpc) is 2.79. The number of phosphoric ester groups is 1. The van der Waals surface area contributed by atoms with E-state index >= 15 is 0 Å². The summed E-state index contributed by atoms with van der Waals surface area (Å²) in [6, 6.07) is 13.3.